The summed E-state index contributed by atoms with van der Waals surface area (Å²) in [5.74, 6) is 0.0910. The van der Waals surface area contributed by atoms with Gasteiger partial charge in [0, 0.05) is 22.9 Å². The third kappa shape index (κ3) is 4.25. The molecule has 0 spiro atoms. The topological polar surface area (TPSA) is 111 Å². The molecular formula is C17H14N4O4S. The van der Waals surface area contributed by atoms with Crippen LogP contribution in [0, 0.1) is 17.0 Å². The molecule has 0 aliphatic rings. The Hall–Kier alpha value is -3.20. The Bertz CT molecular complexity index is 943. The van der Waals surface area contributed by atoms with Gasteiger partial charge in [0.25, 0.3) is 10.9 Å². The number of anilines is 1. The van der Waals surface area contributed by atoms with Gasteiger partial charge in [-0.2, -0.15) is 0 Å². The zero-order valence-electron chi connectivity index (χ0n) is 13.7. The number of hydrogen-bond acceptors (Lipinski definition) is 7. The highest BCUT2D eigenvalue weighted by Gasteiger charge is 2.14. The lowest BCUT2D eigenvalue weighted by atomic mass is 10.2. The van der Waals surface area contributed by atoms with Gasteiger partial charge in [0.2, 0.25) is 11.8 Å². The summed E-state index contributed by atoms with van der Waals surface area (Å²) < 4.78 is 5.51. The first-order valence-electron chi connectivity index (χ1n) is 7.59. The average Bonchev–Trinajstić information content (AvgIpc) is 3.11. The van der Waals surface area contributed by atoms with Gasteiger partial charge in [0.05, 0.1) is 10.7 Å². The van der Waals surface area contributed by atoms with Crippen LogP contribution in [0.1, 0.15) is 5.56 Å². The fourth-order valence-corrected chi connectivity index (χ4v) is 2.74. The summed E-state index contributed by atoms with van der Waals surface area (Å²) in [5, 5.41) is 21.7. The molecule has 26 heavy (non-hydrogen) atoms. The summed E-state index contributed by atoms with van der Waals surface area (Å²) in [4.78, 5) is 22.5. The Labute approximate surface area is 152 Å². The maximum absolute atomic E-state index is 12.0. The first-order valence-corrected chi connectivity index (χ1v) is 8.58. The number of amides is 1. The quantitative estimate of drug-likeness (QED) is 0.400. The van der Waals surface area contributed by atoms with Gasteiger partial charge in [-0.25, -0.2) is 0 Å². The Balaban J connectivity index is 1.59. The van der Waals surface area contributed by atoms with E-state index < -0.39 is 4.92 Å². The molecule has 0 saturated carbocycles. The van der Waals surface area contributed by atoms with E-state index in [1.165, 1.54) is 6.07 Å². The van der Waals surface area contributed by atoms with Crippen molar-refractivity contribution in [3.05, 3.63) is 64.2 Å². The monoisotopic (exact) mass is 370 g/mol. The summed E-state index contributed by atoms with van der Waals surface area (Å²) >= 11 is 1.09. The maximum atomic E-state index is 12.0. The number of benzene rings is 2. The van der Waals surface area contributed by atoms with E-state index in [1.807, 2.05) is 30.3 Å². The molecule has 1 aromatic heterocycles. The molecule has 0 atom stereocenters. The number of aryl methyl sites for hydroxylation is 1. The first kappa shape index (κ1) is 17.6. The second-order valence-corrected chi connectivity index (χ2v) is 6.26. The van der Waals surface area contributed by atoms with Gasteiger partial charge in [-0.05, 0) is 25.1 Å². The van der Waals surface area contributed by atoms with Crippen LogP contribution >= 0.6 is 11.8 Å². The van der Waals surface area contributed by atoms with Crippen molar-refractivity contribution in [2.75, 3.05) is 11.1 Å². The predicted molar refractivity (Wildman–Crippen MR) is 96.9 cm³/mol. The van der Waals surface area contributed by atoms with Crippen LogP contribution in [0.5, 0.6) is 0 Å². The van der Waals surface area contributed by atoms with Gasteiger partial charge in [0.15, 0.2) is 0 Å². The number of nitro benzene ring substituents is 1. The normalized spacial score (nSPS) is 10.5. The van der Waals surface area contributed by atoms with Crippen molar-refractivity contribution in [1.82, 2.24) is 10.2 Å². The zero-order chi connectivity index (χ0) is 18.5. The molecule has 1 amide bonds. The standard InChI is InChI=1S/C17H14N4O4S/c1-11-7-8-13(9-14(11)21(23)24)18-15(22)10-26-17-20-19-16(25-17)12-5-3-2-4-6-12/h2-9H,10H2,1H3,(H,18,22). The highest BCUT2D eigenvalue weighted by atomic mass is 32.2. The SMILES string of the molecule is Cc1ccc(NC(=O)CSc2nnc(-c3ccccc3)o2)cc1[N+](=O)[O-]. The predicted octanol–water partition coefficient (Wildman–Crippen LogP) is 3.68. The number of rotatable bonds is 6. The summed E-state index contributed by atoms with van der Waals surface area (Å²) in [6, 6.07) is 13.8. The van der Waals surface area contributed by atoms with E-state index in [0.29, 0.717) is 17.1 Å². The second kappa shape index (κ2) is 7.79. The second-order valence-electron chi connectivity index (χ2n) is 5.33. The van der Waals surface area contributed by atoms with Crippen LogP contribution in [0.3, 0.4) is 0 Å². The van der Waals surface area contributed by atoms with Gasteiger partial charge >= 0.3 is 0 Å². The van der Waals surface area contributed by atoms with Crippen LogP contribution in [0.15, 0.2) is 58.2 Å². The molecule has 0 fully saturated rings. The summed E-state index contributed by atoms with van der Waals surface area (Å²) in [7, 11) is 0. The molecule has 3 rings (SSSR count). The first-order chi connectivity index (χ1) is 12.5. The fraction of sp³-hybridized carbons (Fsp3) is 0.118. The average molecular weight is 370 g/mol. The van der Waals surface area contributed by atoms with Crippen molar-refractivity contribution in [2.45, 2.75) is 12.1 Å². The Kier molecular flexibility index (Phi) is 5.28. The van der Waals surface area contributed by atoms with Crippen molar-refractivity contribution in [2.24, 2.45) is 0 Å². The van der Waals surface area contributed by atoms with E-state index >= 15 is 0 Å². The van der Waals surface area contributed by atoms with Crippen molar-refractivity contribution >= 4 is 29.0 Å². The minimum Gasteiger partial charge on any atom is -0.411 e. The van der Waals surface area contributed by atoms with Crippen molar-refractivity contribution < 1.29 is 14.1 Å². The number of aromatic nitrogens is 2. The lowest BCUT2D eigenvalue weighted by molar-refractivity contribution is -0.385. The molecule has 0 unspecified atom stereocenters. The third-order valence-electron chi connectivity index (χ3n) is 3.44. The molecule has 0 radical (unpaired) electrons. The molecule has 3 aromatic rings. The number of carbonyl (C=O) groups is 1. The smallest absolute Gasteiger partial charge is 0.277 e. The van der Waals surface area contributed by atoms with Crippen LogP contribution in [0.2, 0.25) is 0 Å². The van der Waals surface area contributed by atoms with Crippen LogP contribution < -0.4 is 5.32 Å². The Morgan fingerprint density at radius 1 is 1.23 bits per heavy atom. The Morgan fingerprint density at radius 2 is 2.00 bits per heavy atom. The van der Waals surface area contributed by atoms with E-state index in [0.717, 1.165) is 17.3 Å². The fourth-order valence-electron chi connectivity index (χ4n) is 2.17. The van der Waals surface area contributed by atoms with E-state index in [9.17, 15) is 14.9 Å². The third-order valence-corrected chi connectivity index (χ3v) is 4.26. The molecule has 8 nitrogen and oxygen atoms in total. The van der Waals surface area contributed by atoms with Gasteiger partial charge in [-0.3, -0.25) is 14.9 Å². The number of nitrogens with one attached hydrogen (secondary N) is 1. The van der Waals surface area contributed by atoms with E-state index in [4.69, 9.17) is 4.42 Å². The van der Waals surface area contributed by atoms with Crippen LogP contribution in [0.25, 0.3) is 11.5 Å². The van der Waals surface area contributed by atoms with Gasteiger partial charge in [-0.1, -0.05) is 36.0 Å². The summed E-state index contributed by atoms with van der Waals surface area (Å²) in [6.07, 6.45) is 0. The van der Waals surface area contributed by atoms with Gasteiger partial charge in [-0.15, -0.1) is 10.2 Å². The minimum atomic E-state index is -0.483. The molecular weight excluding hydrogens is 356 g/mol. The highest BCUT2D eigenvalue weighted by molar-refractivity contribution is 7.99. The van der Waals surface area contributed by atoms with E-state index in [-0.39, 0.29) is 22.6 Å². The molecule has 9 heteroatoms. The largest absolute Gasteiger partial charge is 0.411 e. The summed E-state index contributed by atoms with van der Waals surface area (Å²) in [6.45, 7) is 1.64. The highest BCUT2D eigenvalue weighted by Crippen LogP contribution is 2.24. The number of carbonyl (C=O) groups excluding carboxylic acids is 1. The minimum absolute atomic E-state index is 0.0398. The van der Waals surface area contributed by atoms with Crippen LogP contribution in [-0.2, 0) is 4.79 Å². The number of nitrogens with zero attached hydrogens (tertiary/aromatic N) is 3. The van der Waals surface area contributed by atoms with E-state index in [2.05, 4.69) is 15.5 Å². The number of thioether (sulfide) groups is 1. The zero-order valence-corrected chi connectivity index (χ0v) is 14.5. The molecule has 132 valence electrons. The maximum Gasteiger partial charge on any atom is 0.277 e. The van der Waals surface area contributed by atoms with Crippen molar-refractivity contribution in [3.8, 4) is 11.5 Å². The van der Waals surface area contributed by atoms with Gasteiger partial charge < -0.3 is 9.73 Å². The summed E-state index contributed by atoms with van der Waals surface area (Å²) in [5.41, 5.74) is 1.65. The molecule has 1 N–H and O–H groups in total. The molecule has 0 aliphatic heterocycles. The molecule has 1 heterocycles. The lowest BCUT2D eigenvalue weighted by Crippen LogP contribution is -2.14. The lowest BCUT2D eigenvalue weighted by Gasteiger charge is -2.05. The van der Waals surface area contributed by atoms with E-state index in [1.54, 1.807) is 19.1 Å². The van der Waals surface area contributed by atoms with Crippen LogP contribution in [0.4, 0.5) is 11.4 Å². The van der Waals surface area contributed by atoms with Gasteiger partial charge in [0.1, 0.15) is 0 Å². The molecule has 0 bridgehead atoms. The molecule has 2 aromatic carbocycles. The van der Waals surface area contributed by atoms with Crippen molar-refractivity contribution in [3.63, 3.8) is 0 Å². The van der Waals surface area contributed by atoms with Crippen LogP contribution in [-0.4, -0.2) is 26.8 Å². The number of nitro groups is 1. The molecule has 0 aliphatic carbocycles. The Morgan fingerprint density at radius 3 is 2.73 bits per heavy atom. The number of hydrogen-bond donors (Lipinski definition) is 1. The van der Waals surface area contributed by atoms with Crippen molar-refractivity contribution in [1.29, 1.82) is 0 Å². The molecule has 0 saturated heterocycles.